The van der Waals surface area contributed by atoms with Crippen LogP contribution in [0.3, 0.4) is 0 Å². The average molecular weight is 224 g/mol. The van der Waals surface area contributed by atoms with Crippen LogP contribution in [0.25, 0.3) is 0 Å². The van der Waals surface area contributed by atoms with Crippen molar-refractivity contribution in [3.05, 3.63) is 65.2 Å². The number of nitrogens with zero attached hydrogens (tertiary/aromatic N) is 1. The number of hydrogen-bond donors (Lipinski definition) is 1. The summed E-state index contributed by atoms with van der Waals surface area (Å²) in [6.07, 6.45) is 1.83. The number of hydrazone groups is 1. The second-order valence-corrected chi connectivity index (χ2v) is 4.10. The number of nitrogens with one attached hydrogen (secondary N) is 1. The molecule has 2 heteroatoms. The third kappa shape index (κ3) is 3.18. The molecule has 17 heavy (non-hydrogen) atoms. The first-order chi connectivity index (χ1) is 8.25. The molecule has 0 aliphatic heterocycles. The Hall–Kier alpha value is -2.09. The predicted octanol–water partition coefficient (Wildman–Crippen LogP) is 3.75. The number of benzene rings is 2. The topological polar surface area (TPSA) is 24.4 Å². The second-order valence-electron chi connectivity index (χ2n) is 4.10. The summed E-state index contributed by atoms with van der Waals surface area (Å²) < 4.78 is 0. The summed E-state index contributed by atoms with van der Waals surface area (Å²) >= 11 is 0. The van der Waals surface area contributed by atoms with Crippen LogP contribution < -0.4 is 5.43 Å². The highest BCUT2D eigenvalue weighted by Gasteiger charge is 1.93. The third-order valence-electron chi connectivity index (χ3n) is 2.59. The fourth-order valence-electron chi connectivity index (χ4n) is 1.63. The van der Waals surface area contributed by atoms with E-state index in [1.54, 1.807) is 0 Å². The fourth-order valence-corrected chi connectivity index (χ4v) is 1.63. The lowest BCUT2D eigenvalue weighted by Gasteiger charge is -2.03. The normalized spacial score (nSPS) is 10.7. The van der Waals surface area contributed by atoms with Gasteiger partial charge < -0.3 is 0 Å². The van der Waals surface area contributed by atoms with Crippen molar-refractivity contribution in [1.29, 1.82) is 0 Å². The van der Waals surface area contributed by atoms with E-state index in [9.17, 15) is 0 Å². The van der Waals surface area contributed by atoms with Crippen LogP contribution in [0.1, 0.15) is 16.7 Å². The molecule has 0 fully saturated rings. The Morgan fingerprint density at radius 1 is 1.00 bits per heavy atom. The van der Waals surface area contributed by atoms with Crippen LogP contribution in [0.2, 0.25) is 0 Å². The van der Waals surface area contributed by atoms with Gasteiger partial charge in [-0.3, -0.25) is 5.43 Å². The third-order valence-corrected chi connectivity index (χ3v) is 2.59. The minimum absolute atomic E-state index is 1.04. The lowest BCUT2D eigenvalue weighted by atomic mass is 10.2. The molecule has 0 unspecified atom stereocenters. The summed E-state index contributed by atoms with van der Waals surface area (Å²) in [5.41, 5.74) is 7.62. The van der Waals surface area contributed by atoms with Gasteiger partial charge in [-0.1, -0.05) is 48.0 Å². The van der Waals surface area contributed by atoms with E-state index in [0.717, 1.165) is 11.3 Å². The average Bonchev–Trinajstić information content (AvgIpc) is 2.32. The fraction of sp³-hybridized carbons (Fsp3) is 0.133. The van der Waals surface area contributed by atoms with Crippen LogP contribution in [0.5, 0.6) is 0 Å². The van der Waals surface area contributed by atoms with Gasteiger partial charge in [0.1, 0.15) is 0 Å². The van der Waals surface area contributed by atoms with Gasteiger partial charge in [-0.15, -0.1) is 0 Å². The first-order valence-electron chi connectivity index (χ1n) is 5.67. The minimum Gasteiger partial charge on any atom is -0.278 e. The van der Waals surface area contributed by atoms with Crippen LogP contribution in [-0.2, 0) is 0 Å². The van der Waals surface area contributed by atoms with E-state index < -0.39 is 0 Å². The van der Waals surface area contributed by atoms with Crippen LogP contribution in [-0.4, -0.2) is 6.21 Å². The molecule has 0 bridgehead atoms. The molecule has 0 saturated carbocycles. The van der Waals surface area contributed by atoms with Crippen molar-refractivity contribution >= 4 is 11.9 Å². The molecule has 0 radical (unpaired) electrons. The smallest absolute Gasteiger partial charge is 0.0590 e. The Kier molecular flexibility index (Phi) is 3.55. The molecule has 0 atom stereocenters. The molecule has 0 aliphatic carbocycles. The maximum Gasteiger partial charge on any atom is 0.0590 e. The summed E-state index contributed by atoms with van der Waals surface area (Å²) in [6.45, 7) is 4.14. The first kappa shape index (κ1) is 11.4. The lowest BCUT2D eigenvalue weighted by Crippen LogP contribution is -1.92. The number of rotatable bonds is 3. The quantitative estimate of drug-likeness (QED) is 0.623. The minimum atomic E-state index is 1.04. The molecule has 0 saturated heterocycles. The molecule has 0 spiro atoms. The number of hydrogen-bond acceptors (Lipinski definition) is 2. The van der Waals surface area contributed by atoms with E-state index in [1.165, 1.54) is 11.1 Å². The van der Waals surface area contributed by atoms with Crippen molar-refractivity contribution in [2.45, 2.75) is 13.8 Å². The van der Waals surface area contributed by atoms with Gasteiger partial charge in [-0.25, -0.2) is 0 Å². The molecular formula is C15H16N2. The van der Waals surface area contributed by atoms with Gasteiger partial charge in [-0.05, 0) is 31.0 Å². The van der Waals surface area contributed by atoms with E-state index in [1.807, 2.05) is 36.5 Å². The summed E-state index contributed by atoms with van der Waals surface area (Å²) in [6, 6.07) is 16.3. The first-order valence-corrected chi connectivity index (χ1v) is 5.67. The molecule has 0 heterocycles. The van der Waals surface area contributed by atoms with Crippen molar-refractivity contribution in [3.63, 3.8) is 0 Å². The number of aryl methyl sites for hydroxylation is 2. The molecule has 2 rings (SSSR count). The SMILES string of the molecule is Cc1cccc(/C=N/Nc2ccccc2C)c1. The molecule has 0 amide bonds. The highest BCUT2D eigenvalue weighted by atomic mass is 15.3. The zero-order chi connectivity index (χ0) is 12.1. The Balaban J connectivity index is 2.06. The van der Waals surface area contributed by atoms with Gasteiger partial charge in [0.25, 0.3) is 0 Å². The Morgan fingerprint density at radius 3 is 2.59 bits per heavy atom. The van der Waals surface area contributed by atoms with Gasteiger partial charge in [0.2, 0.25) is 0 Å². The number of para-hydroxylation sites is 1. The summed E-state index contributed by atoms with van der Waals surface area (Å²) in [5, 5.41) is 4.24. The molecule has 2 nitrogen and oxygen atoms in total. The second kappa shape index (κ2) is 5.30. The molecule has 86 valence electrons. The molecule has 1 N–H and O–H groups in total. The van der Waals surface area contributed by atoms with Gasteiger partial charge >= 0.3 is 0 Å². The molecular weight excluding hydrogens is 208 g/mol. The zero-order valence-electron chi connectivity index (χ0n) is 10.1. The van der Waals surface area contributed by atoms with E-state index in [0.29, 0.717) is 0 Å². The van der Waals surface area contributed by atoms with Crippen LogP contribution in [0.4, 0.5) is 5.69 Å². The van der Waals surface area contributed by atoms with E-state index in [4.69, 9.17) is 0 Å². The molecule has 0 aliphatic rings. The maximum absolute atomic E-state index is 4.24. The maximum atomic E-state index is 4.24. The zero-order valence-corrected chi connectivity index (χ0v) is 10.1. The van der Waals surface area contributed by atoms with Crippen LogP contribution in [0, 0.1) is 13.8 Å². The van der Waals surface area contributed by atoms with Gasteiger partial charge in [-0.2, -0.15) is 5.10 Å². The van der Waals surface area contributed by atoms with Crippen molar-refractivity contribution in [3.8, 4) is 0 Å². The Bertz CT molecular complexity index is 530. The summed E-state index contributed by atoms with van der Waals surface area (Å²) in [7, 11) is 0. The summed E-state index contributed by atoms with van der Waals surface area (Å²) in [4.78, 5) is 0. The van der Waals surface area contributed by atoms with E-state index in [2.05, 4.69) is 42.6 Å². The van der Waals surface area contributed by atoms with E-state index >= 15 is 0 Å². The van der Waals surface area contributed by atoms with E-state index in [-0.39, 0.29) is 0 Å². The van der Waals surface area contributed by atoms with Crippen molar-refractivity contribution in [1.82, 2.24) is 0 Å². The Labute approximate surface area is 102 Å². The Morgan fingerprint density at radius 2 is 1.82 bits per heavy atom. The van der Waals surface area contributed by atoms with Crippen LogP contribution >= 0.6 is 0 Å². The van der Waals surface area contributed by atoms with Crippen molar-refractivity contribution < 1.29 is 0 Å². The monoisotopic (exact) mass is 224 g/mol. The number of anilines is 1. The largest absolute Gasteiger partial charge is 0.278 e. The van der Waals surface area contributed by atoms with Crippen molar-refractivity contribution in [2.75, 3.05) is 5.43 Å². The predicted molar refractivity (Wildman–Crippen MR) is 73.6 cm³/mol. The lowest BCUT2D eigenvalue weighted by molar-refractivity contribution is 1.31. The standard InChI is InChI=1S/C15H16N2/c1-12-6-5-8-14(10-12)11-16-17-15-9-4-3-7-13(15)2/h3-11,17H,1-2H3/b16-11+. The van der Waals surface area contributed by atoms with Gasteiger partial charge in [0.15, 0.2) is 0 Å². The molecule has 0 aromatic heterocycles. The van der Waals surface area contributed by atoms with Crippen molar-refractivity contribution in [2.24, 2.45) is 5.10 Å². The molecule has 2 aromatic rings. The van der Waals surface area contributed by atoms with Gasteiger partial charge in [0.05, 0.1) is 11.9 Å². The van der Waals surface area contributed by atoms with Crippen LogP contribution in [0.15, 0.2) is 53.6 Å². The summed E-state index contributed by atoms with van der Waals surface area (Å²) in [5.74, 6) is 0. The highest BCUT2D eigenvalue weighted by Crippen LogP contribution is 2.12. The highest BCUT2D eigenvalue weighted by molar-refractivity contribution is 5.80. The van der Waals surface area contributed by atoms with Gasteiger partial charge in [0, 0.05) is 0 Å². The molecule has 2 aromatic carbocycles.